The van der Waals surface area contributed by atoms with E-state index in [-0.39, 0.29) is 17.8 Å². The maximum Gasteiger partial charge on any atom is 0.410 e. The summed E-state index contributed by atoms with van der Waals surface area (Å²) < 4.78 is 53.3. The van der Waals surface area contributed by atoms with Crippen LogP contribution < -0.4 is 20.1 Å². The van der Waals surface area contributed by atoms with E-state index in [0.29, 0.717) is 27.8 Å². The zero-order valence-corrected chi connectivity index (χ0v) is 19.3. The Kier molecular flexibility index (Phi) is 6.35. The third kappa shape index (κ3) is 4.50. The van der Waals surface area contributed by atoms with Gasteiger partial charge >= 0.3 is 6.18 Å². The molecule has 4 rings (SSSR count). The van der Waals surface area contributed by atoms with E-state index in [1.165, 1.54) is 14.2 Å². The van der Waals surface area contributed by atoms with Gasteiger partial charge in [-0.15, -0.1) is 0 Å². The van der Waals surface area contributed by atoms with Crippen LogP contribution in [0, 0.1) is 6.92 Å². The molecule has 7 nitrogen and oxygen atoms in total. The maximum atomic E-state index is 14.0. The van der Waals surface area contributed by atoms with E-state index < -0.39 is 24.2 Å². The number of aryl methyl sites for hydroxylation is 1. The number of carbonyl (C=O) groups is 1. The molecule has 1 aliphatic heterocycles. The molecule has 1 amide bonds. The molecule has 0 saturated carbocycles. The smallest absolute Gasteiger partial charge is 0.410 e. The Hall–Kier alpha value is -3.40. The first kappa shape index (κ1) is 23.7. The molecular weight excluding hydrogens is 473 g/mol. The average molecular weight is 495 g/mol. The van der Waals surface area contributed by atoms with Crippen LogP contribution in [0.4, 0.5) is 24.7 Å². The quantitative estimate of drug-likeness (QED) is 0.470. The van der Waals surface area contributed by atoms with Crippen molar-refractivity contribution in [3.05, 3.63) is 64.3 Å². The van der Waals surface area contributed by atoms with Crippen molar-refractivity contribution in [1.29, 1.82) is 0 Å². The number of alkyl halides is 3. The molecule has 11 heteroatoms. The van der Waals surface area contributed by atoms with Crippen molar-refractivity contribution in [2.45, 2.75) is 31.6 Å². The summed E-state index contributed by atoms with van der Waals surface area (Å²) in [4.78, 5) is 13.0. The van der Waals surface area contributed by atoms with Crippen LogP contribution in [-0.2, 0) is 0 Å². The van der Waals surface area contributed by atoms with E-state index in [9.17, 15) is 18.0 Å². The topological polar surface area (TPSA) is 77.4 Å². The third-order valence-corrected chi connectivity index (χ3v) is 5.98. The monoisotopic (exact) mass is 494 g/mol. The summed E-state index contributed by atoms with van der Waals surface area (Å²) in [7, 11) is 2.92. The SMILES string of the molecule is COc1ccc([C@@H]2C[C@@H](C(F)(F)F)n3ncc(C(=O)Nc4cc(Cl)ccc4C)c3N2)cc1OC. The van der Waals surface area contributed by atoms with Gasteiger partial charge in [0.25, 0.3) is 5.91 Å². The van der Waals surface area contributed by atoms with E-state index in [2.05, 4.69) is 15.7 Å². The van der Waals surface area contributed by atoms with Crippen LogP contribution in [0.1, 0.15) is 40.0 Å². The van der Waals surface area contributed by atoms with Gasteiger partial charge in [0, 0.05) is 17.1 Å². The fourth-order valence-electron chi connectivity index (χ4n) is 3.94. The van der Waals surface area contributed by atoms with Crippen molar-refractivity contribution in [2.75, 3.05) is 24.9 Å². The second kappa shape index (κ2) is 9.09. The summed E-state index contributed by atoms with van der Waals surface area (Å²) in [6, 6.07) is 7.21. The van der Waals surface area contributed by atoms with Crippen LogP contribution >= 0.6 is 11.6 Å². The molecule has 2 N–H and O–H groups in total. The number of nitrogens with zero attached hydrogens (tertiary/aromatic N) is 2. The lowest BCUT2D eigenvalue weighted by molar-refractivity contribution is -0.173. The van der Waals surface area contributed by atoms with Gasteiger partial charge in [0.05, 0.1) is 26.5 Å². The molecule has 1 aromatic heterocycles. The number of methoxy groups -OCH3 is 2. The predicted molar refractivity (Wildman–Crippen MR) is 122 cm³/mol. The largest absolute Gasteiger partial charge is 0.493 e. The van der Waals surface area contributed by atoms with Crippen LogP contribution in [0.3, 0.4) is 0 Å². The minimum absolute atomic E-state index is 0.0150. The average Bonchev–Trinajstić information content (AvgIpc) is 3.23. The van der Waals surface area contributed by atoms with Crippen LogP contribution in [-0.4, -0.2) is 36.1 Å². The first-order valence-corrected chi connectivity index (χ1v) is 10.7. The minimum Gasteiger partial charge on any atom is -0.493 e. The molecule has 180 valence electrons. The number of rotatable bonds is 5. The van der Waals surface area contributed by atoms with Crippen molar-refractivity contribution in [1.82, 2.24) is 9.78 Å². The van der Waals surface area contributed by atoms with E-state index in [1.54, 1.807) is 43.3 Å². The van der Waals surface area contributed by atoms with Gasteiger partial charge in [-0.2, -0.15) is 18.3 Å². The Morgan fingerprint density at radius 2 is 1.91 bits per heavy atom. The van der Waals surface area contributed by atoms with Crippen LogP contribution in [0.15, 0.2) is 42.6 Å². The highest BCUT2D eigenvalue weighted by molar-refractivity contribution is 6.31. The molecule has 1 aliphatic rings. The molecule has 3 aromatic rings. The van der Waals surface area contributed by atoms with Crippen LogP contribution in [0.5, 0.6) is 11.5 Å². The molecule has 0 spiro atoms. The van der Waals surface area contributed by atoms with Gasteiger partial charge < -0.3 is 20.1 Å². The number of amides is 1. The Morgan fingerprint density at radius 3 is 2.59 bits per heavy atom. The van der Waals surface area contributed by atoms with Gasteiger partial charge in [-0.25, -0.2) is 4.68 Å². The molecule has 0 unspecified atom stereocenters. The molecule has 2 aromatic carbocycles. The Morgan fingerprint density at radius 1 is 1.18 bits per heavy atom. The summed E-state index contributed by atoms with van der Waals surface area (Å²) >= 11 is 6.02. The standard InChI is InChI=1S/C23H22ClF3N4O3/c1-12-4-6-14(24)9-16(12)30-22(32)15-11-28-31-20(23(25,26)27)10-17(29-21(15)31)13-5-7-18(33-2)19(8-13)34-3/h4-9,11,17,20,29H,10H2,1-3H3,(H,30,32)/t17-,20-/m0/s1. The molecule has 0 radical (unpaired) electrons. The zero-order valence-electron chi connectivity index (χ0n) is 18.5. The molecular formula is C23H22ClF3N4O3. The lowest BCUT2D eigenvalue weighted by Gasteiger charge is -2.34. The van der Waals surface area contributed by atoms with Crippen molar-refractivity contribution in [3.8, 4) is 11.5 Å². The van der Waals surface area contributed by atoms with Gasteiger partial charge in [-0.1, -0.05) is 23.7 Å². The number of fused-ring (bicyclic) bond motifs is 1. The number of ether oxygens (including phenoxy) is 2. The van der Waals surface area contributed by atoms with E-state index >= 15 is 0 Å². The second-order valence-electron chi connectivity index (χ2n) is 7.87. The maximum absolute atomic E-state index is 14.0. The molecule has 2 atom stereocenters. The van der Waals surface area contributed by atoms with Crippen LogP contribution in [0.25, 0.3) is 0 Å². The van der Waals surface area contributed by atoms with E-state index in [4.69, 9.17) is 21.1 Å². The highest BCUT2D eigenvalue weighted by Gasteiger charge is 2.47. The highest BCUT2D eigenvalue weighted by atomic mass is 35.5. The van der Waals surface area contributed by atoms with Crippen molar-refractivity contribution in [3.63, 3.8) is 0 Å². The highest BCUT2D eigenvalue weighted by Crippen LogP contribution is 2.45. The number of nitrogens with one attached hydrogen (secondary N) is 2. The van der Waals surface area contributed by atoms with E-state index in [0.717, 1.165) is 16.4 Å². The second-order valence-corrected chi connectivity index (χ2v) is 8.31. The molecule has 0 aliphatic carbocycles. The molecule has 0 bridgehead atoms. The Labute approximate surface area is 198 Å². The zero-order chi connectivity index (χ0) is 24.6. The van der Waals surface area contributed by atoms with Gasteiger partial charge in [-0.3, -0.25) is 4.79 Å². The summed E-state index contributed by atoms with van der Waals surface area (Å²) in [5.41, 5.74) is 1.75. The summed E-state index contributed by atoms with van der Waals surface area (Å²) in [6.07, 6.45) is -3.76. The summed E-state index contributed by atoms with van der Waals surface area (Å²) in [5.74, 6) is 0.216. The molecule has 0 saturated heterocycles. The Balaban J connectivity index is 1.71. The number of hydrogen-bond acceptors (Lipinski definition) is 5. The lowest BCUT2D eigenvalue weighted by Crippen LogP contribution is -2.36. The predicted octanol–water partition coefficient (Wildman–Crippen LogP) is 5.77. The number of carbonyl (C=O) groups excluding carboxylic acids is 1. The molecule has 34 heavy (non-hydrogen) atoms. The number of aromatic nitrogens is 2. The van der Waals surface area contributed by atoms with Gasteiger partial charge in [0.1, 0.15) is 11.4 Å². The Bertz CT molecular complexity index is 1230. The normalized spacial score (nSPS) is 17.5. The van der Waals surface area contributed by atoms with Crippen molar-refractivity contribution < 1.29 is 27.4 Å². The van der Waals surface area contributed by atoms with Crippen LogP contribution in [0.2, 0.25) is 5.02 Å². The van der Waals surface area contributed by atoms with Crippen molar-refractivity contribution >= 4 is 29.0 Å². The van der Waals surface area contributed by atoms with Gasteiger partial charge in [-0.05, 0) is 42.3 Å². The number of benzene rings is 2. The number of halogens is 4. The summed E-state index contributed by atoms with van der Waals surface area (Å²) in [6.45, 7) is 1.78. The lowest BCUT2D eigenvalue weighted by atomic mass is 9.96. The van der Waals surface area contributed by atoms with Crippen molar-refractivity contribution in [2.24, 2.45) is 0 Å². The minimum atomic E-state index is -4.57. The summed E-state index contributed by atoms with van der Waals surface area (Å²) in [5, 5.41) is 10.1. The van der Waals surface area contributed by atoms with E-state index in [1.807, 2.05) is 0 Å². The fraction of sp³-hybridized carbons (Fsp3) is 0.304. The molecule has 0 fully saturated rings. The van der Waals surface area contributed by atoms with Gasteiger partial charge in [0.2, 0.25) is 0 Å². The first-order chi connectivity index (χ1) is 16.1. The first-order valence-electron chi connectivity index (χ1n) is 10.3. The number of anilines is 2. The molecule has 2 heterocycles. The number of hydrogen-bond donors (Lipinski definition) is 2. The van der Waals surface area contributed by atoms with Gasteiger partial charge in [0.15, 0.2) is 17.5 Å². The third-order valence-electron chi connectivity index (χ3n) is 5.74. The fourth-order valence-corrected chi connectivity index (χ4v) is 4.11.